The lowest BCUT2D eigenvalue weighted by Crippen LogP contribution is -2.18. The van der Waals surface area contributed by atoms with E-state index in [1.54, 1.807) is 12.0 Å². The minimum Gasteiger partial charge on any atom is -0.497 e. The van der Waals surface area contributed by atoms with Gasteiger partial charge in [0.05, 0.1) is 7.11 Å². The minimum atomic E-state index is 0.294. The van der Waals surface area contributed by atoms with Crippen LogP contribution in [-0.2, 0) is 0 Å². The molecule has 112 valence electrons. The highest BCUT2D eigenvalue weighted by atomic mass is 16.5. The summed E-state index contributed by atoms with van der Waals surface area (Å²) in [4.78, 5) is 14.4. The van der Waals surface area contributed by atoms with Crippen molar-refractivity contribution in [1.82, 2.24) is 15.0 Å². The van der Waals surface area contributed by atoms with Gasteiger partial charge in [0.2, 0.25) is 17.8 Å². The zero-order chi connectivity index (χ0) is 15.4. The summed E-state index contributed by atoms with van der Waals surface area (Å²) in [5.74, 6) is 7.39. The molecule has 1 heterocycles. The molecule has 21 heavy (non-hydrogen) atoms. The molecule has 0 aliphatic carbocycles. The van der Waals surface area contributed by atoms with Crippen LogP contribution < -0.4 is 26.2 Å². The molecular weight excluding hydrogens is 270 g/mol. The van der Waals surface area contributed by atoms with E-state index in [9.17, 15) is 0 Å². The molecule has 0 unspecified atom stereocenters. The first-order valence-electron chi connectivity index (χ1n) is 6.35. The molecule has 0 radical (unpaired) electrons. The predicted octanol–water partition coefficient (Wildman–Crippen LogP) is 1.28. The Hall–Kier alpha value is -2.61. The third-order valence-electron chi connectivity index (χ3n) is 2.83. The van der Waals surface area contributed by atoms with Gasteiger partial charge in [-0.25, -0.2) is 5.84 Å². The Labute approximate surface area is 123 Å². The maximum Gasteiger partial charge on any atom is 0.243 e. The highest BCUT2D eigenvalue weighted by Crippen LogP contribution is 2.24. The van der Waals surface area contributed by atoms with Crippen LogP contribution in [0, 0.1) is 6.92 Å². The fourth-order valence-corrected chi connectivity index (χ4v) is 1.71. The topological polar surface area (TPSA) is 101 Å². The molecule has 8 heteroatoms. The van der Waals surface area contributed by atoms with E-state index in [4.69, 9.17) is 10.6 Å². The first-order chi connectivity index (χ1) is 10.0. The molecule has 0 aliphatic heterocycles. The molecule has 1 aromatic heterocycles. The number of hydrazine groups is 1. The van der Waals surface area contributed by atoms with Crippen molar-refractivity contribution in [2.45, 2.75) is 6.92 Å². The number of hydrogen-bond donors (Lipinski definition) is 3. The van der Waals surface area contributed by atoms with Gasteiger partial charge in [0.25, 0.3) is 0 Å². The molecule has 1 aromatic carbocycles. The number of nitrogens with two attached hydrogens (primary N) is 1. The summed E-state index contributed by atoms with van der Waals surface area (Å²) in [5, 5.41) is 3.15. The van der Waals surface area contributed by atoms with Crippen molar-refractivity contribution in [3.63, 3.8) is 0 Å². The third kappa shape index (κ3) is 3.48. The van der Waals surface area contributed by atoms with Crippen molar-refractivity contribution in [2.75, 3.05) is 36.8 Å². The number of ether oxygens (including phenoxy) is 1. The lowest BCUT2D eigenvalue weighted by molar-refractivity contribution is 0.414. The Morgan fingerprint density at radius 1 is 1.14 bits per heavy atom. The van der Waals surface area contributed by atoms with Crippen LogP contribution in [0.4, 0.5) is 23.5 Å². The van der Waals surface area contributed by atoms with E-state index in [-0.39, 0.29) is 0 Å². The maximum atomic E-state index is 5.38. The van der Waals surface area contributed by atoms with E-state index < -0.39 is 0 Å². The van der Waals surface area contributed by atoms with Crippen LogP contribution in [-0.4, -0.2) is 36.2 Å². The molecule has 2 aromatic rings. The van der Waals surface area contributed by atoms with Crippen molar-refractivity contribution >= 4 is 23.5 Å². The summed E-state index contributed by atoms with van der Waals surface area (Å²) in [6.07, 6.45) is 0. The molecule has 0 fully saturated rings. The highest BCUT2D eigenvalue weighted by Gasteiger charge is 2.09. The van der Waals surface area contributed by atoms with Crippen LogP contribution in [0.25, 0.3) is 0 Å². The highest BCUT2D eigenvalue weighted by molar-refractivity contribution is 5.61. The Kier molecular flexibility index (Phi) is 4.39. The fourth-order valence-electron chi connectivity index (χ4n) is 1.71. The summed E-state index contributed by atoms with van der Waals surface area (Å²) in [5.41, 5.74) is 4.33. The summed E-state index contributed by atoms with van der Waals surface area (Å²) >= 11 is 0. The van der Waals surface area contributed by atoms with Gasteiger partial charge in [0, 0.05) is 19.8 Å². The Morgan fingerprint density at radius 3 is 2.43 bits per heavy atom. The van der Waals surface area contributed by atoms with Gasteiger partial charge >= 0.3 is 0 Å². The van der Waals surface area contributed by atoms with Gasteiger partial charge < -0.3 is 15.0 Å². The van der Waals surface area contributed by atoms with Crippen LogP contribution in [0.15, 0.2) is 18.2 Å². The molecule has 0 atom stereocenters. The second kappa shape index (κ2) is 6.23. The summed E-state index contributed by atoms with van der Waals surface area (Å²) in [6, 6.07) is 5.70. The van der Waals surface area contributed by atoms with E-state index in [2.05, 4.69) is 25.7 Å². The summed E-state index contributed by atoms with van der Waals surface area (Å²) in [6.45, 7) is 1.97. The number of nitrogen functional groups attached to an aromatic ring is 1. The number of hydrogen-bond acceptors (Lipinski definition) is 8. The van der Waals surface area contributed by atoms with E-state index in [0.717, 1.165) is 17.0 Å². The van der Waals surface area contributed by atoms with Crippen LogP contribution in [0.1, 0.15) is 5.56 Å². The van der Waals surface area contributed by atoms with E-state index in [0.29, 0.717) is 17.8 Å². The smallest absolute Gasteiger partial charge is 0.243 e. The van der Waals surface area contributed by atoms with Gasteiger partial charge in [0.15, 0.2) is 0 Å². The molecule has 4 N–H and O–H groups in total. The number of methoxy groups -OCH3 is 1. The standard InChI is InChI=1S/C13H19N7O/c1-8-7-9(21-4)5-6-10(8)15-11-16-12(19-14)18-13(17-11)20(2)3/h5-7H,14H2,1-4H3,(H2,15,16,17,18,19). The maximum absolute atomic E-state index is 5.38. The lowest BCUT2D eigenvalue weighted by atomic mass is 10.2. The average molecular weight is 289 g/mol. The third-order valence-corrected chi connectivity index (χ3v) is 2.83. The predicted molar refractivity (Wildman–Crippen MR) is 83.0 cm³/mol. The molecule has 2 rings (SSSR count). The van der Waals surface area contributed by atoms with Gasteiger partial charge in [0.1, 0.15) is 5.75 Å². The number of aromatic nitrogens is 3. The average Bonchev–Trinajstić information content (AvgIpc) is 2.48. The first-order valence-corrected chi connectivity index (χ1v) is 6.35. The second-order valence-electron chi connectivity index (χ2n) is 4.63. The molecule has 0 aliphatic rings. The molecule has 0 spiro atoms. The molecule has 0 amide bonds. The van der Waals surface area contributed by atoms with Gasteiger partial charge in [-0.2, -0.15) is 15.0 Å². The quantitative estimate of drug-likeness (QED) is 0.559. The van der Waals surface area contributed by atoms with E-state index in [1.165, 1.54) is 0 Å². The van der Waals surface area contributed by atoms with Crippen LogP contribution >= 0.6 is 0 Å². The van der Waals surface area contributed by atoms with Crippen LogP contribution in [0.5, 0.6) is 5.75 Å². The zero-order valence-electron chi connectivity index (χ0n) is 12.5. The van der Waals surface area contributed by atoms with Crippen molar-refractivity contribution in [3.8, 4) is 5.75 Å². The van der Waals surface area contributed by atoms with Crippen LogP contribution in [0.2, 0.25) is 0 Å². The summed E-state index contributed by atoms with van der Waals surface area (Å²) < 4.78 is 5.19. The molecule has 0 bridgehead atoms. The van der Waals surface area contributed by atoms with Crippen molar-refractivity contribution in [3.05, 3.63) is 23.8 Å². The monoisotopic (exact) mass is 289 g/mol. The van der Waals surface area contributed by atoms with Gasteiger partial charge in [-0.15, -0.1) is 0 Å². The number of nitrogens with zero attached hydrogens (tertiary/aromatic N) is 4. The second-order valence-corrected chi connectivity index (χ2v) is 4.63. The van der Waals surface area contributed by atoms with Gasteiger partial charge in [-0.05, 0) is 30.7 Å². The number of nitrogens with one attached hydrogen (secondary N) is 2. The molecule has 0 saturated carbocycles. The first kappa shape index (κ1) is 14.8. The minimum absolute atomic E-state index is 0.294. The Bertz CT molecular complexity index is 630. The number of benzene rings is 1. The zero-order valence-corrected chi connectivity index (χ0v) is 12.5. The van der Waals surface area contributed by atoms with Crippen LogP contribution in [0.3, 0.4) is 0 Å². The number of anilines is 4. The summed E-state index contributed by atoms with van der Waals surface area (Å²) in [7, 11) is 5.33. The van der Waals surface area contributed by atoms with Crippen molar-refractivity contribution in [2.24, 2.45) is 5.84 Å². The Morgan fingerprint density at radius 2 is 1.86 bits per heavy atom. The molecule has 8 nitrogen and oxygen atoms in total. The van der Waals surface area contributed by atoms with E-state index >= 15 is 0 Å². The van der Waals surface area contributed by atoms with Gasteiger partial charge in [-0.3, -0.25) is 5.43 Å². The van der Waals surface area contributed by atoms with Crippen molar-refractivity contribution in [1.29, 1.82) is 0 Å². The lowest BCUT2D eigenvalue weighted by Gasteiger charge is -2.14. The van der Waals surface area contributed by atoms with Gasteiger partial charge in [-0.1, -0.05) is 0 Å². The van der Waals surface area contributed by atoms with E-state index in [1.807, 2.05) is 39.2 Å². The molecular formula is C13H19N7O. The number of rotatable bonds is 5. The van der Waals surface area contributed by atoms with Crippen molar-refractivity contribution < 1.29 is 4.74 Å². The largest absolute Gasteiger partial charge is 0.497 e. The normalized spacial score (nSPS) is 10.1. The fraction of sp³-hybridized carbons (Fsp3) is 0.308. The Balaban J connectivity index is 2.32. The number of aryl methyl sites for hydroxylation is 1. The SMILES string of the molecule is COc1ccc(Nc2nc(NN)nc(N(C)C)n2)c(C)c1. The molecule has 0 saturated heterocycles.